The highest BCUT2D eigenvalue weighted by Gasteiger charge is 2.12. The molecule has 1 rings (SSSR count). The highest BCUT2D eigenvalue weighted by Crippen LogP contribution is 2.15. The van der Waals surface area contributed by atoms with Gasteiger partial charge in [-0.25, -0.2) is 4.39 Å². The Morgan fingerprint density at radius 3 is 2.61 bits per heavy atom. The zero-order valence-electron chi connectivity index (χ0n) is 11.1. The lowest BCUT2D eigenvalue weighted by Gasteiger charge is -2.23. The summed E-state index contributed by atoms with van der Waals surface area (Å²) in [6.45, 7) is 6.51. The van der Waals surface area contributed by atoms with Crippen molar-refractivity contribution in [2.24, 2.45) is 4.99 Å². The predicted molar refractivity (Wildman–Crippen MR) is 77.2 cm³/mol. The third-order valence-corrected chi connectivity index (χ3v) is 2.66. The largest absolute Gasteiger partial charge is 0.352 e. The van der Waals surface area contributed by atoms with E-state index in [0.29, 0.717) is 18.1 Å². The Balaban J connectivity index is 2.66. The predicted octanol–water partition coefficient (Wildman–Crippen LogP) is 3.05. The van der Waals surface area contributed by atoms with Crippen LogP contribution in [0.2, 0.25) is 0 Å². The lowest BCUT2D eigenvalue weighted by Crippen LogP contribution is -2.47. The summed E-state index contributed by atoms with van der Waals surface area (Å²) in [6.07, 6.45) is 0. The molecule has 0 aromatic heterocycles. The fourth-order valence-electron chi connectivity index (χ4n) is 1.39. The zero-order valence-corrected chi connectivity index (χ0v) is 12.7. The van der Waals surface area contributed by atoms with Crippen LogP contribution >= 0.6 is 15.9 Å². The molecule has 0 heterocycles. The molecule has 0 atom stereocenters. The van der Waals surface area contributed by atoms with E-state index in [2.05, 4.69) is 31.6 Å². The summed E-state index contributed by atoms with van der Waals surface area (Å²) in [5.74, 6) is 0.429. The van der Waals surface area contributed by atoms with Gasteiger partial charge in [-0.2, -0.15) is 0 Å². The molecule has 2 N–H and O–H groups in total. The van der Waals surface area contributed by atoms with E-state index in [-0.39, 0.29) is 11.4 Å². The summed E-state index contributed by atoms with van der Waals surface area (Å²) in [6, 6.07) is 4.88. The molecule has 5 heteroatoms. The molecule has 0 fully saturated rings. The summed E-state index contributed by atoms with van der Waals surface area (Å²) < 4.78 is 14.4. The van der Waals surface area contributed by atoms with E-state index >= 15 is 0 Å². The van der Waals surface area contributed by atoms with E-state index < -0.39 is 0 Å². The Hall–Kier alpha value is -1.10. The first-order valence-corrected chi connectivity index (χ1v) is 6.54. The van der Waals surface area contributed by atoms with E-state index in [4.69, 9.17) is 0 Å². The standard InChI is InChI=1S/C13H19BrFN3/c1-13(2,3)18-12(16-4)17-8-9-7-10(14)5-6-11(9)15/h5-7H,8H2,1-4H3,(H2,16,17,18). The van der Waals surface area contributed by atoms with Crippen LogP contribution in [0.4, 0.5) is 4.39 Å². The number of nitrogens with one attached hydrogen (secondary N) is 2. The fraction of sp³-hybridized carbons (Fsp3) is 0.462. The van der Waals surface area contributed by atoms with E-state index in [0.717, 1.165) is 4.47 Å². The van der Waals surface area contributed by atoms with Crippen molar-refractivity contribution in [1.82, 2.24) is 10.6 Å². The van der Waals surface area contributed by atoms with Crippen LogP contribution in [0.3, 0.4) is 0 Å². The van der Waals surface area contributed by atoms with Crippen LogP contribution in [0.5, 0.6) is 0 Å². The maximum atomic E-state index is 13.5. The minimum absolute atomic E-state index is 0.0857. The molecular weight excluding hydrogens is 297 g/mol. The topological polar surface area (TPSA) is 36.4 Å². The first kappa shape index (κ1) is 15.0. The molecule has 0 aliphatic carbocycles. The van der Waals surface area contributed by atoms with Crippen molar-refractivity contribution in [1.29, 1.82) is 0 Å². The van der Waals surface area contributed by atoms with Gasteiger partial charge in [0.2, 0.25) is 0 Å². The van der Waals surface area contributed by atoms with Crippen LogP contribution < -0.4 is 10.6 Å². The molecule has 0 bridgehead atoms. The molecule has 0 unspecified atom stereocenters. The Morgan fingerprint density at radius 2 is 2.06 bits per heavy atom. The van der Waals surface area contributed by atoms with E-state index in [1.54, 1.807) is 19.2 Å². The maximum Gasteiger partial charge on any atom is 0.191 e. The van der Waals surface area contributed by atoms with E-state index in [9.17, 15) is 4.39 Å². The second kappa shape index (κ2) is 6.18. The smallest absolute Gasteiger partial charge is 0.191 e. The Labute approximate surface area is 116 Å². The highest BCUT2D eigenvalue weighted by atomic mass is 79.9. The summed E-state index contributed by atoms with van der Waals surface area (Å²) in [7, 11) is 1.69. The van der Waals surface area contributed by atoms with Gasteiger partial charge in [0.1, 0.15) is 5.82 Å². The Morgan fingerprint density at radius 1 is 1.39 bits per heavy atom. The number of hydrogen-bond acceptors (Lipinski definition) is 1. The minimum Gasteiger partial charge on any atom is -0.352 e. The normalized spacial score (nSPS) is 12.4. The molecule has 18 heavy (non-hydrogen) atoms. The van der Waals surface area contributed by atoms with Crippen LogP contribution in [-0.2, 0) is 6.54 Å². The monoisotopic (exact) mass is 315 g/mol. The van der Waals surface area contributed by atoms with Crippen LogP contribution in [0, 0.1) is 5.82 Å². The maximum absolute atomic E-state index is 13.5. The van der Waals surface area contributed by atoms with Gasteiger partial charge in [-0.15, -0.1) is 0 Å². The van der Waals surface area contributed by atoms with E-state index in [1.807, 2.05) is 20.8 Å². The lowest BCUT2D eigenvalue weighted by atomic mass is 10.1. The van der Waals surface area contributed by atoms with Gasteiger partial charge in [-0.3, -0.25) is 4.99 Å². The van der Waals surface area contributed by atoms with Gasteiger partial charge in [0.15, 0.2) is 5.96 Å². The summed E-state index contributed by atoms with van der Waals surface area (Å²) in [5.41, 5.74) is 0.513. The van der Waals surface area contributed by atoms with Gasteiger partial charge < -0.3 is 10.6 Å². The van der Waals surface area contributed by atoms with Crippen molar-refractivity contribution in [2.75, 3.05) is 7.05 Å². The van der Waals surface area contributed by atoms with Crippen molar-refractivity contribution in [3.8, 4) is 0 Å². The van der Waals surface area contributed by atoms with Crippen molar-refractivity contribution in [3.63, 3.8) is 0 Å². The van der Waals surface area contributed by atoms with Crippen molar-refractivity contribution >= 4 is 21.9 Å². The summed E-state index contributed by atoms with van der Waals surface area (Å²) >= 11 is 3.33. The molecule has 1 aromatic carbocycles. The Bertz CT molecular complexity index is 438. The summed E-state index contributed by atoms with van der Waals surface area (Å²) in [5, 5.41) is 6.30. The number of halogens is 2. The quantitative estimate of drug-likeness (QED) is 0.650. The van der Waals surface area contributed by atoms with Gasteiger partial charge >= 0.3 is 0 Å². The van der Waals surface area contributed by atoms with Crippen molar-refractivity contribution < 1.29 is 4.39 Å². The van der Waals surface area contributed by atoms with Gasteiger partial charge in [-0.05, 0) is 39.0 Å². The lowest BCUT2D eigenvalue weighted by molar-refractivity contribution is 0.500. The second-order valence-electron chi connectivity index (χ2n) is 5.04. The first-order chi connectivity index (χ1) is 8.31. The van der Waals surface area contributed by atoms with Crippen molar-refractivity contribution in [3.05, 3.63) is 34.1 Å². The molecule has 0 aliphatic heterocycles. The van der Waals surface area contributed by atoms with Crippen LogP contribution in [0.15, 0.2) is 27.7 Å². The minimum atomic E-state index is -0.225. The molecule has 0 spiro atoms. The molecule has 0 radical (unpaired) electrons. The van der Waals surface area contributed by atoms with Gasteiger partial charge in [0.25, 0.3) is 0 Å². The summed E-state index contributed by atoms with van der Waals surface area (Å²) in [4.78, 5) is 4.10. The highest BCUT2D eigenvalue weighted by molar-refractivity contribution is 9.10. The average molecular weight is 316 g/mol. The second-order valence-corrected chi connectivity index (χ2v) is 5.95. The number of nitrogens with zero attached hydrogens (tertiary/aromatic N) is 1. The molecule has 100 valence electrons. The van der Waals surface area contributed by atoms with Gasteiger partial charge in [-0.1, -0.05) is 15.9 Å². The van der Waals surface area contributed by atoms with Crippen LogP contribution in [0.25, 0.3) is 0 Å². The SMILES string of the molecule is CN=C(NCc1cc(Br)ccc1F)NC(C)(C)C. The number of aliphatic imine (C=N–C) groups is 1. The van der Waals surface area contributed by atoms with Crippen LogP contribution in [0.1, 0.15) is 26.3 Å². The van der Waals surface area contributed by atoms with E-state index in [1.165, 1.54) is 6.07 Å². The molecule has 0 saturated carbocycles. The molecule has 0 saturated heterocycles. The number of rotatable bonds is 2. The molecule has 1 aromatic rings. The number of guanidine groups is 1. The first-order valence-electron chi connectivity index (χ1n) is 5.74. The number of hydrogen-bond donors (Lipinski definition) is 2. The van der Waals surface area contributed by atoms with Crippen LogP contribution in [-0.4, -0.2) is 18.5 Å². The van der Waals surface area contributed by atoms with Gasteiger partial charge in [0.05, 0.1) is 0 Å². The fourth-order valence-corrected chi connectivity index (χ4v) is 1.80. The third kappa shape index (κ3) is 5.04. The molecule has 3 nitrogen and oxygen atoms in total. The average Bonchev–Trinajstić information content (AvgIpc) is 2.27. The molecule has 0 aliphatic rings. The zero-order chi connectivity index (χ0) is 13.8. The third-order valence-electron chi connectivity index (χ3n) is 2.17. The Kier molecular flexibility index (Phi) is 5.14. The molecular formula is C13H19BrFN3. The number of benzene rings is 1. The van der Waals surface area contributed by atoms with Gasteiger partial charge in [0, 0.05) is 29.2 Å². The molecule has 0 amide bonds. The van der Waals surface area contributed by atoms with Crippen molar-refractivity contribution in [2.45, 2.75) is 32.9 Å².